The highest BCUT2D eigenvalue weighted by molar-refractivity contribution is 7.17. The number of ether oxygens (including phenoxy) is 1. The van der Waals surface area contributed by atoms with Gasteiger partial charge in [-0.25, -0.2) is 0 Å². The minimum absolute atomic E-state index is 0.0460. The zero-order valence-corrected chi connectivity index (χ0v) is 12.2. The number of carbonyl (C=O) groups excluding carboxylic acids is 1. The van der Waals surface area contributed by atoms with Gasteiger partial charge in [-0.3, -0.25) is 4.79 Å². The van der Waals surface area contributed by atoms with Gasteiger partial charge in [-0.2, -0.15) is 0 Å². The molecule has 2 nitrogen and oxygen atoms in total. The van der Waals surface area contributed by atoms with Crippen molar-refractivity contribution in [3.63, 3.8) is 0 Å². The predicted molar refractivity (Wildman–Crippen MR) is 81.4 cm³/mol. The van der Waals surface area contributed by atoms with Crippen LogP contribution in [0.25, 0.3) is 10.1 Å². The number of thiophene rings is 1. The molecule has 1 saturated heterocycles. The van der Waals surface area contributed by atoms with Gasteiger partial charge < -0.3 is 4.74 Å². The van der Waals surface area contributed by atoms with E-state index in [9.17, 15) is 4.79 Å². The van der Waals surface area contributed by atoms with Crippen LogP contribution in [-0.4, -0.2) is 18.0 Å². The summed E-state index contributed by atoms with van der Waals surface area (Å²) in [6.45, 7) is 0.748. The summed E-state index contributed by atoms with van der Waals surface area (Å²) in [5.74, 6) is 0.485. The number of benzene rings is 1. The molecule has 1 atom stereocenters. The fourth-order valence-corrected chi connectivity index (χ4v) is 4.51. The summed E-state index contributed by atoms with van der Waals surface area (Å²) < 4.78 is 7.15. The summed E-state index contributed by atoms with van der Waals surface area (Å²) >= 11 is 1.67. The minimum Gasteiger partial charge on any atom is -0.375 e. The Morgan fingerprint density at radius 3 is 2.95 bits per heavy atom. The third-order valence-electron chi connectivity index (χ3n) is 4.87. The van der Waals surface area contributed by atoms with Gasteiger partial charge in [0.05, 0.1) is 5.60 Å². The van der Waals surface area contributed by atoms with Crippen molar-refractivity contribution >= 4 is 27.2 Å². The Kier molecular flexibility index (Phi) is 2.93. The van der Waals surface area contributed by atoms with Crippen molar-refractivity contribution in [3.8, 4) is 0 Å². The van der Waals surface area contributed by atoms with Gasteiger partial charge >= 0.3 is 0 Å². The molecule has 2 aromatic rings. The molecule has 1 unspecified atom stereocenters. The molecule has 104 valence electrons. The molecule has 0 bridgehead atoms. The molecule has 4 rings (SSSR count). The first-order chi connectivity index (χ1) is 9.77. The maximum absolute atomic E-state index is 12.9. The zero-order valence-electron chi connectivity index (χ0n) is 11.4. The number of Topliss-reactive ketones (excluding diaryl/α,β-unsaturated/α-hetero) is 1. The van der Waals surface area contributed by atoms with Gasteiger partial charge in [-0.15, -0.1) is 11.3 Å². The molecule has 2 heterocycles. The molecule has 0 N–H and O–H groups in total. The van der Waals surface area contributed by atoms with Crippen LogP contribution in [0.2, 0.25) is 0 Å². The van der Waals surface area contributed by atoms with E-state index < -0.39 is 0 Å². The first-order valence-electron chi connectivity index (χ1n) is 7.42. The smallest absolute Gasteiger partial charge is 0.167 e. The summed E-state index contributed by atoms with van der Waals surface area (Å²) in [7, 11) is 0. The Bertz CT molecular complexity index is 654. The standard InChI is InChI=1S/C17H18O2S/c18-16(12-6-9-19-17(10-12)7-3-8-17)14-11-20-15-5-2-1-4-13(14)15/h1-2,4-5,11-12H,3,6-10H2. The molecule has 1 spiro atoms. The van der Waals surface area contributed by atoms with Gasteiger partial charge in [0, 0.05) is 33.6 Å². The van der Waals surface area contributed by atoms with Crippen LogP contribution in [-0.2, 0) is 4.74 Å². The largest absolute Gasteiger partial charge is 0.375 e. The number of ketones is 1. The van der Waals surface area contributed by atoms with E-state index in [0.717, 1.165) is 43.2 Å². The summed E-state index contributed by atoms with van der Waals surface area (Å²) in [6, 6.07) is 8.21. The second kappa shape index (κ2) is 4.68. The fraction of sp³-hybridized carbons (Fsp3) is 0.471. The third kappa shape index (κ3) is 1.92. The first kappa shape index (κ1) is 12.5. The van der Waals surface area contributed by atoms with E-state index in [0.29, 0.717) is 5.78 Å². The molecular weight excluding hydrogens is 268 g/mol. The lowest BCUT2D eigenvalue weighted by atomic mass is 9.70. The highest BCUT2D eigenvalue weighted by Gasteiger charge is 2.44. The second-order valence-electron chi connectivity index (χ2n) is 6.08. The lowest BCUT2D eigenvalue weighted by Gasteiger charge is -2.46. The van der Waals surface area contributed by atoms with Gasteiger partial charge in [0.15, 0.2) is 5.78 Å². The average Bonchev–Trinajstić information content (AvgIpc) is 2.89. The predicted octanol–water partition coefficient (Wildman–Crippen LogP) is 4.43. The maximum Gasteiger partial charge on any atom is 0.167 e. The van der Waals surface area contributed by atoms with Crippen molar-refractivity contribution in [2.75, 3.05) is 6.61 Å². The summed E-state index contributed by atoms with van der Waals surface area (Å²) in [5, 5.41) is 3.16. The highest BCUT2D eigenvalue weighted by atomic mass is 32.1. The second-order valence-corrected chi connectivity index (χ2v) is 7.00. The lowest BCUT2D eigenvalue weighted by Crippen LogP contribution is -2.47. The lowest BCUT2D eigenvalue weighted by molar-refractivity contribution is -0.137. The molecule has 1 aromatic heterocycles. The molecule has 1 saturated carbocycles. The van der Waals surface area contributed by atoms with Crippen molar-refractivity contribution in [3.05, 3.63) is 35.2 Å². The van der Waals surface area contributed by atoms with E-state index in [-0.39, 0.29) is 11.5 Å². The van der Waals surface area contributed by atoms with Crippen LogP contribution >= 0.6 is 11.3 Å². The van der Waals surface area contributed by atoms with E-state index in [1.165, 1.54) is 11.1 Å². The van der Waals surface area contributed by atoms with Crippen LogP contribution in [0.3, 0.4) is 0 Å². The summed E-state index contributed by atoms with van der Waals surface area (Å²) in [6.07, 6.45) is 5.34. The molecule has 1 aliphatic carbocycles. The van der Waals surface area contributed by atoms with Crippen LogP contribution in [0.5, 0.6) is 0 Å². The van der Waals surface area contributed by atoms with Crippen molar-refractivity contribution < 1.29 is 9.53 Å². The van der Waals surface area contributed by atoms with Crippen LogP contribution in [0, 0.1) is 5.92 Å². The molecule has 2 fully saturated rings. The Balaban J connectivity index is 1.63. The molecule has 0 radical (unpaired) electrons. The van der Waals surface area contributed by atoms with Gasteiger partial charge in [0.2, 0.25) is 0 Å². The van der Waals surface area contributed by atoms with E-state index in [1.807, 2.05) is 17.5 Å². The van der Waals surface area contributed by atoms with E-state index in [1.54, 1.807) is 11.3 Å². The number of hydrogen-bond donors (Lipinski definition) is 0. The molecule has 1 aliphatic heterocycles. The fourth-order valence-electron chi connectivity index (χ4n) is 3.56. The van der Waals surface area contributed by atoms with Gasteiger partial charge in [0.25, 0.3) is 0 Å². The topological polar surface area (TPSA) is 26.3 Å². The summed E-state index contributed by atoms with van der Waals surface area (Å²) in [5.41, 5.74) is 0.969. The number of fused-ring (bicyclic) bond motifs is 1. The van der Waals surface area contributed by atoms with E-state index >= 15 is 0 Å². The van der Waals surface area contributed by atoms with E-state index in [2.05, 4.69) is 12.1 Å². The zero-order chi connectivity index (χ0) is 13.6. The average molecular weight is 286 g/mol. The van der Waals surface area contributed by atoms with Crippen LogP contribution in [0.4, 0.5) is 0 Å². The Morgan fingerprint density at radius 1 is 1.30 bits per heavy atom. The van der Waals surface area contributed by atoms with Crippen molar-refractivity contribution in [1.82, 2.24) is 0 Å². The molecule has 3 heteroatoms. The van der Waals surface area contributed by atoms with E-state index in [4.69, 9.17) is 4.74 Å². The van der Waals surface area contributed by atoms with Crippen molar-refractivity contribution in [2.45, 2.75) is 37.7 Å². The highest BCUT2D eigenvalue weighted by Crippen LogP contribution is 2.45. The Hall–Kier alpha value is -1.19. The number of hydrogen-bond acceptors (Lipinski definition) is 3. The molecular formula is C17H18O2S. The Labute approximate surface area is 122 Å². The SMILES string of the molecule is O=C(c1csc2ccccc12)C1CCOC2(CCC2)C1. The minimum atomic E-state index is 0.0460. The van der Waals surface area contributed by atoms with Gasteiger partial charge in [-0.05, 0) is 38.2 Å². The maximum atomic E-state index is 12.9. The van der Waals surface area contributed by atoms with Crippen LogP contribution < -0.4 is 0 Å². The number of carbonyl (C=O) groups is 1. The molecule has 20 heavy (non-hydrogen) atoms. The van der Waals surface area contributed by atoms with Gasteiger partial charge in [0.1, 0.15) is 0 Å². The quantitative estimate of drug-likeness (QED) is 0.763. The van der Waals surface area contributed by atoms with Crippen molar-refractivity contribution in [1.29, 1.82) is 0 Å². The van der Waals surface area contributed by atoms with Crippen molar-refractivity contribution in [2.24, 2.45) is 5.92 Å². The monoisotopic (exact) mass is 286 g/mol. The Morgan fingerprint density at radius 2 is 2.15 bits per heavy atom. The normalized spacial score (nSPS) is 24.7. The van der Waals surface area contributed by atoms with Gasteiger partial charge in [-0.1, -0.05) is 18.2 Å². The summed E-state index contributed by atoms with van der Waals surface area (Å²) in [4.78, 5) is 12.9. The molecule has 1 aromatic carbocycles. The van der Waals surface area contributed by atoms with Crippen LogP contribution in [0.15, 0.2) is 29.6 Å². The first-order valence-corrected chi connectivity index (χ1v) is 8.30. The third-order valence-corrected chi connectivity index (χ3v) is 5.84. The van der Waals surface area contributed by atoms with Crippen LogP contribution in [0.1, 0.15) is 42.5 Å². The number of rotatable bonds is 2. The molecule has 0 amide bonds. The molecule has 2 aliphatic rings.